The summed E-state index contributed by atoms with van der Waals surface area (Å²) in [7, 11) is 0. The average molecular weight is 431 g/mol. The van der Waals surface area contributed by atoms with Crippen LogP contribution in [0, 0.1) is 6.92 Å². The van der Waals surface area contributed by atoms with Crippen molar-refractivity contribution in [1.29, 1.82) is 0 Å². The fourth-order valence-electron chi connectivity index (χ4n) is 3.28. The van der Waals surface area contributed by atoms with Gasteiger partial charge in [-0.05, 0) is 35.7 Å². The van der Waals surface area contributed by atoms with Crippen molar-refractivity contribution in [1.82, 2.24) is 19.5 Å². The second-order valence-electron chi connectivity index (χ2n) is 7.25. The maximum Gasteiger partial charge on any atom is 0.277 e. The molecule has 0 aliphatic carbocycles. The standard InChI is InChI=1S/C24H22N4O2S/c1-17-20(9-11-26-22(17)29)12-21-15-28(14-19-8-5-10-25-13-19)24(27-23(21)30)31-16-18-6-3-2-4-7-18/h2-11,13,15H,12,14,16H2,1H3,(H,26,29). The number of nitrogens with zero attached hydrogens (tertiary/aromatic N) is 3. The number of hydrogen-bond acceptors (Lipinski definition) is 5. The van der Waals surface area contributed by atoms with Crippen LogP contribution in [0.15, 0.2) is 88.1 Å². The van der Waals surface area contributed by atoms with Crippen molar-refractivity contribution < 1.29 is 0 Å². The van der Waals surface area contributed by atoms with Gasteiger partial charge >= 0.3 is 0 Å². The number of H-pyrrole nitrogens is 1. The van der Waals surface area contributed by atoms with Gasteiger partial charge in [-0.3, -0.25) is 14.6 Å². The molecule has 0 saturated carbocycles. The number of benzene rings is 1. The molecule has 0 aliphatic rings. The van der Waals surface area contributed by atoms with Crippen LogP contribution >= 0.6 is 11.8 Å². The molecule has 0 fully saturated rings. The lowest BCUT2D eigenvalue weighted by Gasteiger charge is -2.14. The molecule has 0 atom stereocenters. The molecule has 1 aromatic carbocycles. The first-order chi connectivity index (χ1) is 15.1. The first kappa shape index (κ1) is 20.8. The van der Waals surface area contributed by atoms with E-state index in [1.807, 2.05) is 53.4 Å². The van der Waals surface area contributed by atoms with Gasteiger partial charge in [-0.1, -0.05) is 48.2 Å². The highest BCUT2D eigenvalue weighted by Crippen LogP contribution is 2.21. The smallest absolute Gasteiger partial charge is 0.277 e. The molecular weight excluding hydrogens is 408 g/mol. The van der Waals surface area contributed by atoms with Gasteiger partial charge in [0, 0.05) is 48.1 Å². The van der Waals surface area contributed by atoms with E-state index in [0.717, 1.165) is 16.7 Å². The Labute approximate surface area is 184 Å². The molecule has 4 aromatic rings. The molecule has 0 amide bonds. The molecule has 3 heterocycles. The normalized spacial score (nSPS) is 10.9. The topological polar surface area (TPSA) is 80.6 Å². The van der Waals surface area contributed by atoms with Crippen LogP contribution in [0.4, 0.5) is 0 Å². The van der Waals surface area contributed by atoms with Crippen LogP contribution in [0.5, 0.6) is 0 Å². The maximum absolute atomic E-state index is 12.8. The molecule has 0 saturated heterocycles. The zero-order valence-electron chi connectivity index (χ0n) is 17.1. The SMILES string of the molecule is Cc1c(Cc2cn(Cc3cccnc3)c(SCc3ccccc3)nc2=O)cc[nH]c1=O. The molecule has 0 spiro atoms. The van der Waals surface area contributed by atoms with E-state index in [0.29, 0.717) is 35.0 Å². The molecule has 6 nitrogen and oxygen atoms in total. The number of aromatic amines is 1. The largest absolute Gasteiger partial charge is 0.329 e. The van der Waals surface area contributed by atoms with Crippen LogP contribution in [-0.4, -0.2) is 19.5 Å². The molecule has 0 unspecified atom stereocenters. The molecule has 156 valence electrons. The van der Waals surface area contributed by atoms with Crippen molar-refractivity contribution in [3.05, 3.63) is 122 Å². The third-order valence-electron chi connectivity index (χ3n) is 5.02. The number of rotatable bonds is 7. The molecular formula is C24H22N4O2S. The molecule has 0 bridgehead atoms. The molecule has 1 N–H and O–H groups in total. The number of pyridine rings is 2. The predicted octanol–water partition coefficient (Wildman–Crippen LogP) is 3.57. The van der Waals surface area contributed by atoms with Gasteiger partial charge < -0.3 is 9.55 Å². The first-order valence-corrected chi connectivity index (χ1v) is 10.9. The van der Waals surface area contributed by atoms with Crippen molar-refractivity contribution in [3.63, 3.8) is 0 Å². The van der Waals surface area contributed by atoms with Gasteiger partial charge in [-0.25, -0.2) is 0 Å². The Morgan fingerprint density at radius 1 is 1.00 bits per heavy atom. The van der Waals surface area contributed by atoms with Crippen LogP contribution in [-0.2, 0) is 18.7 Å². The van der Waals surface area contributed by atoms with Crippen LogP contribution < -0.4 is 11.1 Å². The van der Waals surface area contributed by atoms with E-state index in [1.165, 1.54) is 11.8 Å². The summed E-state index contributed by atoms with van der Waals surface area (Å²) in [5.74, 6) is 0.715. The van der Waals surface area contributed by atoms with E-state index in [9.17, 15) is 9.59 Å². The Bertz CT molecular complexity index is 1280. The molecule has 7 heteroatoms. The minimum Gasteiger partial charge on any atom is -0.329 e. The molecule has 0 radical (unpaired) electrons. The highest BCUT2D eigenvalue weighted by molar-refractivity contribution is 7.98. The summed E-state index contributed by atoms with van der Waals surface area (Å²) in [6, 6.07) is 15.8. The van der Waals surface area contributed by atoms with E-state index < -0.39 is 0 Å². The zero-order valence-corrected chi connectivity index (χ0v) is 17.9. The van der Waals surface area contributed by atoms with Crippen molar-refractivity contribution >= 4 is 11.8 Å². The maximum atomic E-state index is 12.8. The van der Waals surface area contributed by atoms with E-state index in [2.05, 4.69) is 27.1 Å². The Morgan fingerprint density at radius 3 is 2.58 bits per heavy atom. The van der Waals surface area contributed by atoms with E-state index in [-0.39, 0.29) is 11.1 Å². The third-order valence-corrected chi connectivity index (χ3v) is 6.08. The lowest BCUT2D eigenvalue weighted by molar-refractivity contribution is 0.652. The van der Waals surface area contributed by atoms with Crippen LogP contribution in [0.25, 0.3) is 0 Å². The van der Waals surface area contributed by atoms with Gasteiger partial charge in [-0.2, -0.15) is 4.98 Å². The van der Waals surface area contributed by atoms with Gasteiger partial charge in [0.15, 0.2) is 5.16 Å². The Morgan fingerprint density at radius 2 is 1.81 bits per heavy atom. The number of nitrogens with one attached hydrogen (secondary N) is 1. The first-order valence-electron chi connectivity index (χ1n) is 9.93. The molecule has 4 rings (SSSR count). The van der Waals surface area contributed by atoms with E-state index in [4.69, 9.17) is 0 Å². The van der Waals surface area contributed by atoms with Crippen molar-refractivity contribution in [2.75, 3.05) is 0 Å². The van der Waals surface area contributed by atoms with E-state index >= 15 is 0 Å². The quantitative estimate of drug-likeness (QED) is 0.358. The minimum atomic E-state index is -0.266. The van der Waals surface area contributed by atoms with Gasteiger partial charge in [0.05, 0.1) is 6.54 Å². The summed E-state index contributed by atoms with van der Waals surface area (Å²) in [4.78, 5) is 36.0. The molecule has 31 heavy (non-hydrogen) atoms. The van der Waals surface area contributed by atoms with Crippen molar-refractivity contribution in [3.8, 4) is 0 Å². The summed E-state index contributed by atoms with van der Waals surface area (Å²) in [5.41, 5.74) is 3.77. The summed E-state index contributed by atoms with van der Waals surface area (Å²) in [6.45, 7) is 2.32. The Balaban J connectivity index is 1.68. The van der Waals surface area contributed by atoms with Crippen molar-refractivity contribution in [2.45, 2.75) is 30.8 Å². The number of thioether (sulfide) groups is 1. The summed E-state index contributed by atoms with van der Waals surface area (Å²) >= 11 is 1.53. The monoisotopic (exact) mass is 430 g/mol. The summed E-state index contributed by atoms with van der Waals surface area (Å²) in [6.07, 6.45) is 7.37. The second kappa shape index (κ2) is 9.57. The highest BCUT2D eigenvalue weighted by Gasteiger charge is 2.13. The minimum absolute atomic E-state index is 0.142. The van der Waals surface area contributed by atoms with Gasteiger partial charge in [-0.15, -0.1) is 0 Å². The van der Waals surface area contributed by atoms with Crippen molar-refractivity contribution in [2.24, 2.45) is 0 Å². The van der Waals surface area contributed by atoms with Gasteiger partial charge in [0.1, 0.15) is 0 Å². The molecule has 0 aliphatic heterocycles. The van der Waals surface area contributed by atoms with E-state index in [1.54, 1.807) is 19.3 Å². The Kier molecular flexibility index (Phi) is 6.43. The molecule has 3 aromatic heterocycles. The second-order valence-corrected chi connectivity index (χ2v) is 8.19. The Hall–Kier alpha value is -3.45. The van der Waals surface area contributed by atoms with Gasteiger partial charge in [0.25, 0.3) is 11.1 Å². The highest BCUT2D eigenvalue weighted by atomic mass is 32.2. The average Bonchev–Trinajstić information content (AvgIpc) is 2.79. The fraction of sp³-hybridized carbons (Fsp3) is 0.167. The lowest BCUT2D eigenvalue weighted by atomic mass is 10.0. The predicted molar refractivity (Wildman–Crippen MR) is 122 cm³/mol. The van der Waals surface area contributed by atoms with Crippen LogP contribution in [0.2, 0.25) is 0 Å². The fourth-order valence-corrected chi connectivity index (χ4v) is 4.19. The van der Waals surface area contributed by atoms with Crippen LogP contribution in [0.3, 0.4) is 0 Å². The number of hydrogen-bond donors (Lipinski definition) is 1. The number of aromatic nitrogens is 4. The summed E-state index contributed by atoms with van der Waals surface area (Å²) < 4.78 is 1.99. The third kappa shape index (κ3) is 5.19. The summed E-state index contributed by atoms with van der Waals surface area (Å²) in [5, 5.41) is 0.657. The zero-order chi connectivity index (χ0) is 21.6. The van der Waals surface area contributed by atoms with Gasteiger partial charge in [0.2, 0.25) is 0 Å². The van der Waals surface area contributed by atoms with Crippen LogP contribution in [0.1, 0.15) is 27.8 Å². The lowest BCUT2D eigenvalue weighted by Crippen LogP contribution is -2.21.